The molecule has 1 amide bonds. The third-order valence-electron chi connectivity index (χ3n) is 5.03. The predicted octanol–water partition coefficient (Wildman–Crippen LogP) is 4.69. The van der Waals surface area contributed by atoms with Crippen molar-refractivity contribution in [2.75, 3.05) is 11.9 Å². The van der Waals surface area contributed by atoms with Gasteiger partial charge < -0.3 is 5.32 Å². The summed E-state index contributed by atoms with van der Waals surface area (Å²) in [6, 6.07) is 30.1. The van der Waals surface area contributed by atoms with Crippen molar-refractivity contribution in [3.8, 4) is 17.3 Å². The standard InChI is InChI=1S/C27H21N5O/c28-19-21-10-8-20(9-11-21)16-18-29-26(23-5-2-1-3-6-23)27(33)31-24-14-12-22(13-15-24)25-7-4-17-30-32-25/h1-15,17H,16,18H2,(H,31,33). The van der Waals surface area contributed by atoms with Crippen molar-refractivity contribution in [3.05, 3.63) is 114 Å². The third kappa shape index (κ3) is 5.75. The largest absolute Gasteiger partial charge is 0.321 e. The maximum absolute atomic E-state index is 13.1. The molecule has 1 heterocycles. The zero-order valence-corrected chi connectivity index (χ0v) is 17.8. The minimum atomic E-state index is -0.270. The van der Waals surface area contributed by atoms with Crippen LogP contribution in [0.5, 0.6) is 0 Å². The normalized spacial score (nSPS) is 10.9. The molecule has 0 radical (unpaired) electrons. The number of amides is 1. The van der Waals surface area contributed by atoms with Crippen LogP contribution in [0.15, 0.2) is 102 Å². The highest BCUT2D eigenvalue weighted by atomic mass is 16.1. The molecule has 0 spiro atoms. The number of carbonyl (C=O) groups is 1. The molecule has 33 heavy (non-hydrogen) atoms. The molecule has 0 saturated carbocycles. The maximum Gasteiger partial charge on any atom is 0.274 e. The van der Waals surface area contributed by atoms with Crippen LogP contribution in [0.25, 0.3) is 11.3 Å². The molecule has 3 aromatic carbocycles. The van der Waals surface area contributed by atoms with Crippen LogP contribution in [0.4, 0.5) is 5.69 Å². The molecule has 6 nitrogen and oxygen atoms in total. The second kappa shape index (κ2) is 10.6. The first-order chi connectivity index (χ1) is 16.2. The second-order valence-corrected chi connectivity index (χ2v) is 7.30. The molecule has 0 saturated heterocycles. The summed E-state index contributed by atoms with van der Waals surface area (Å²) in [7, 11) is 0. The summed E-state index contributed by atoms with van der Waals surface area (Å²) in [4.78, 5) is 17.7. The minimum absolute atomic E-state index is 0.270. The Kier molecular flexibility index (Phi) is 6.94. The SMILES string of the molecule is N#Cc1ccc(CCN=C(C(=O)Nc2ccc(-c3cccnn3)cc2)c2ccccc2)cc1. The van der Waals surface area contributed by atoms with E-state index in [4.69, 9.17) is 5.26 Å². The number of nitriles is 1. The van der Waals surface area contributed by atoms with Gasteiger partial charge in [-0.2, -0.15) is 15.5 Å². The lowest BCUT2D eigenvalue weighted by atomic mass is 10.1. The van der Waals surface area contributed by atoms with E-state index in [-0.39, 0.29) is 5.91 Å². The van der Waals surface area contributed by atoms with Crippen LogP contribution in [0.1, 0.15) is 16.7 Å². The molecule has 0 unspecified atom stereocenters. The fourth-order valence-electron chi connectivity index (χ4n) is 3.30. The molecule has 0 aliphatic carbocycles. The summed E-state index contributed by atoms with van der Waals surface area (Å²) in [5.74, 6) is -0.270. The van der Waals surface area contributed by atoms with Crippen molar-refractivity contribution >= 4 is 17.3 Å². The lowest BCUT2D eigenvalue weighted by Gasteiger charge is -2.10. The number of hydrogen-bond acceptors (Lipinski definition) is 5. The van der Waals surface area contributed by atoms with Crippen LogP contribution in [0.2, 0.25) is 0 Å². The van der Waals surface area contributed by atoms with Crippen molar-refractivity contribution in [2.24, 2.45) is 4.99 Å². The van der Waals surface area contributed by atoms with Gasteiger partial charge in [-0.15, -0.1) is 0 Å². The Morgan fingerprint density at radius 2 is 1.67 bits per heavy atom. The van der Waals surface area contributed by atoms with E-state index in [0.717, 1.165) is 22.4 Å². The lowest BCUT2D eigenvalue weighted by Crippen LogP contribution is -2.24. The summed E-state index contributed by atoms with van der Waals surface area (Å²) in [6.45, 7) is 0.454. The van der Waals surface area contributed by atoms with Crippen molar-refractivity contribution in [1.29, 1.82) is 5.26 Å². The summed E-state index contributed by atoms with van der Waals surface area (Å²) in [5.41, 5.74) is 5.17. The van der Waals surface area contributed by atoms with Crippen LogP contribution in [-0.2, 0) is 11.2 Å². The fourth-order valence-corrected chi connectivity index (χ4v) is 3.30. The first-order valence-electron chi connectivity index (χ1n) is 10.5. The Morgan fingerprint density at radius 3 is 2.33 bits per heavy atom. The second-order valence-electron chi connectivity index (χ2n) is 7.30. The van der Waals surface area contributed by atoms with Gasteiger partial charge in [0.15, 0.2) is 0 Å². The van der Waals surface area contributed by atoms with Gasteiger partial charge in [-0.05, 0) is 48.4 Å². The van der Waals surface area contributed by atoms with E-state index in [1.165, 1.54) is 0 Å². The minimum Gasteiger partial charge on any atom is -0.321 e. The molecule has 160 valence electrons. The average molecular weight is 431 g/mol. The predicted molar refractivity (Wildman–Crippen MR) is 129 cm³/mol. The molecular weight excluding hydrogens is 410 g/mol. The lowest BCUT2D eigenvalue weighted by molar-refractivity contribution is -0.110. The van der Waals surface area contributed by atoms with Gasteiger partial charge in [0.05, 0.1) is 17.3 Å². The maximum atomic E-state index is 13.1. The molecule has 4 rings (SSSR count). The van der Waals surface area contributed by atoms with Crippen LogP contribution in [0, 0.1) is 11.3 Å². The molecule has 1 N–H and O–H groups in total. The number of hydrogen-bond donors (Lipinski definition) is 1. The number of carbonyl (C=O) groups excluding carboxylic acids is 1. The summed E-state index contributed by atoms with van der Waals surface area (Å²) in [6.07, 6.45) is 2.30. The van der Waals surface area contributed by atoms with Crippen LogP contribution >= 0.6 is 0 Å². The first-order valence-corrected chi connectivity index (χ1v) is 10.5. The Balaban J connectivity index is 1.49. The Morgan fingerprint density at radius 1 is 0.909 bits per heavy atom. The number of anilines is 1. The Bertz CT molecular complexity index is 1280. The monoisotopic (exact) mass is 431 g/mol. The smallest absolute Gasteiger partial charge is 0.274 e. The van der Waals surface area contributed by atoms with E-state index in [1.54, 1.807) is 18.3 Å². The van der Waals surface area contributed by atoms with Crippen LogP contribution < -0.4 is 5.32 Å². The number of aromatic nitrogens is 2. The van der Waals surface area contributed by atoms with E-state index in [2.05, 4.69) is 26.6 Å². The number of aliphatic imine (C=N–C) groups is 1. The summed E-state index contributed by atoms with van der Waals surface area (Å²) < 4.78 is 0. The first kappa shape index (κ1) is 21.6. The molecule has 6 heteroatoms. The van der Waals surface area contributed by atoms with Crippen LogP contribution in [0.3, 0.4) is 0 Å². The summed E-state index contributed by atoms with van der Waals surface area (Å²) in [5, 5.41) is 19.9. The number of benzene rings is 3. The molecule has 0 aliphatic heterocycles. The van der Waals surface area contributed by atoms with Gasteiger partial charge in [0.1, 0.15) is 5.71 Å². The molecule has 1 aromatic heterocycles. The van der Waals surface area contributed by atoms with Crippen LogP contribution in [-0.4, -0.2) is 28.4 Å². The van der Waals surface area contributed by atoms with E-state index in [9.17, 15) is 4.79 Å². The van der Waals surface area contributed by atoms with Gasteiger partial charge in [0, 0.05) is 29.6 Å². The highest BCUT2D eigenvalue weighted by molar-refractivity contribution is 6.48. The number of nitrogens with zero attached hydrogens (tertiary/aromatic N) is 4. The quantitative estimate of drug-likeness (QED) is 0.430. The Labute approximate surface area is 192 Å². The van der Waals surface area contributed by atoms with Crippen molar-refractivity contribution in [1.82, 2.24) is 10.2 Å². The van der Waals surface area contributed by atoms with E-state index in [0.29, 0.717) is 29.9 Å². The van der Waals surface area contributed by atoms with Gasteiger partial charge in [-0.25, -0.2) is 0 Å². The van der Waals surface area contributed by atoms with Gasteiger partial charge in [0.25, 0.3) is 5.91 Å². The molecular formula is C27H21N5O. The molecule has 0 aliphatic rings. The van der Waals surface area contributed by atoms with E-state index in [1.807, 2.05) is 78.9 Å². The third-order valence-corrected chi connectivity index (χ3v) is 5.03. The van der Waals surface area contributed by atoms with E-state index < -0.39 is 0 Å². The average Bonchev–Trinajstić information content (AvgIpc) is 2.88. The van der Waals surface area contributed by atoms with Crippen molar-refractivity contribution in [2.45, 2.75) is 6.42 Å². The van der Waals surface area contributed by atoms with Gasteiger partial charge in [0.2, 0.25) is 0 Å². The topological polar surface area (TPSA) is 91.0 Å². The van der Waals surface area contributed by atoms with Gasteiger partial charge in [-0.1, -0.05) is 54.6 Å². The molecule has 0 fully saturated rings. The van der Waals surface area contributed by atoms with Crippen molar-refractivity contribution < 1.29 is 4.79 Å². The Hall–Kier alpha value is -4.63. The van der Waals surface area contributed by atoms with Gasteiger partial charge >= 0.3 is 0 Å². The summed E-state index contributed by atoms with van der Waals surface area (Å²) >= 11 is 0. The van der Waals surface area contributed by atoms with Crippen molar-refractivity contribution in [3.63, 3.8) is 0 Å². The zero-order chi connectivity index (χ0) is 22.9. The van der Waals surface area contributed by atoms with Gasteiger partial charge in [-0.3, -0.25) is 9.79 Å². The molecule has 0 bridgehead atoms. The molecule has 0 atom stereocenters. The van der Waals surface area contributed by atoms with E-state index >= 15 is 0 Å². The zero-order valence-electron chi connectivity index (χ0n) is 17.8. The highest BCUT2D eigenvalue weighted by Crippen LogP contribution is 2.19. The molecule has 4 aromatic rings. The number of nitrogens with one attached hydrogen (secondary N) is 1. The highest BCUT2D eigenvalue weighted by Gasteiger charge is 2.14. The number of rotatable bonds is 7. The fraction of sp³-hybridized carbons (Fsp3) is 0.0741.